The summed E-state index contributed by atoms with van der Waals surface area (Å²) in [6.07, 6.45) is 2.89. The Bertz CT molecular complexity index is 830. The molecule has 1 saturated carbocycles. The van der Waals surface area contributed by atoms with Crippen LogP contribution in [0.5, 0.6) is 0 Å². The van der Waals surface area contributed by atoms with Crippen LogP contribution in [0.1, 0.15) is 28.8 Å². The number of carbonyl (C=O) groups excluding carboxylic acids is 2. The lowest BCUT2D eigenvalue weighted by Crippen LogP contribution is -2.30. The highest BCUT2D eigenvalue weighted by molar-refractivity contribution is 9.10. The van der Waals surface area contributed by atoms with E-state index in [1.165, 1.54) is 5.56 Å². The second-order valence-corrected chi connectivity index (χ2v) is 7.15. The molecular formula is C19H17BrN2O2. The maximum absolute atomic E-state index is 12.4. The molecule has 2 amide bonds. The second-order valence-electron chi connectivity index (χ2n) is 6.29. The van der Waals surface area contributed by atoms with E-state index in [1.807, 2.05) is 41.3 Å². The molecule has 0 bridgehead atoms. The standard InChI is InChI=1S/C19H17BrN2O2/c20-16-4-2-1-3-15(16)18(23)21-14-8-7-12-9-10-22(17(12)11-14)19(24)13-5-6-13/h1-4,7-8,11,13H,5-6,9-10H2,(H,21,23). The van der Waals surface area contributed by atoms with Crippen LogP contribution in [-0.4, -0.2) is 18.4 Å². The third-order valence-corrected chi connectivity index (χ3v) is 5.24. The average Bonchev–Trinajstić information content (AvgIpc) is 3.34. The minimum absolute atomic E-state index is 0.166. The number of carbonyl (C=O) groups is 2. The van der Waals surface area contributed by atoms with Crippen LogP contribution in [0, 0.1) is 5.92 Å². The molecule has 0 aromatic heterocycles. The fourth-order valence-electron chi connectivity index (χ4n) is 3.08. The molecular weight excluding hydrogens is 368 g/mol. The molecule has 1 aliphatic heterocycles. The Hall–Kier alpha value is -2.14. The van der Waals surface area contributed by atoms with Crippen molar-refractivity contribution in [1.82, 2.24) is 0 Å². The molecule has 1 fully saturated rings. The van der Waals surface area contributed by atoms with Crippen LogP contribution in [0.25, 0.3) is 0 Å². The quantitative estimate of drug-likeness (QED) is 0.869. The Balaban J connectivity index is 1.57. The van der Waals surface area contributed by atoms with Crippen LogP contribution < -0.4 is 10.2 Å². The van der Waals surface area contributed by atoms with E-state index < -0.39 is 0 Å². The van der Waals surface area contributed by atoms with E-state index in [0.717, 1.165) is 36.0 Å². The first-order valence-corrected chi connectivity index (χ1v) is 8.93. The number of nitrogens with one attached hydrogen (secondary N) is 1. The Labute approximate surface area is 149 Å². The van der Waals surface area contributed by atoms with Crippen LogP contribution in [-0.2, 0) is 11.2 Å². The van der Waals surface area contributed by atoms with E-state index in [9.17, 15) is 9.59 Å². The smallest absolute Gasteiger partial charge is 0.256 e. The summed E-state index contributed by atoms with van der Waals surface area (Å²) >= 11 is 3.40. The van der Waals surface area contributed by atoms with Crippen LogP contribution in [0.3, 0.4) is 0 Å². The first kappa shape index (κ1) is 15.4. The van der Waals surface area contributed by atoms with E-state index in [4.69, 9.17) is 0 Å². The van der Waals surface area contributed by atoms with Crippen molar-refractivity contribution in [3.63, 3.8) is 0 Å². The number of amides is 2. The van der Waals surface area contributed by atoms with Crippen LogP contribution in [0.4, 0.5) is 11.4 Å². The van der Waals surface area contributed by atoms with Crippen molar-refractivity contribution < 1.29 is 9.59 Å². The summed E-state index contributed by atoms with van der Waals surface area (Å²) in [6.45, 7) is 0.742. The summed E-state index contributed by atoms with van der Waals surface area (Å²) in [5.41, 5.74) is 3.41. The third kappa shape index (κ3) is 2.84. The van der Waals surface area contributed by atoms with Gasteiger partial charge in [-0.3, -0.25) is 9.59 Å². The number of anilines is 2. The number of hydrogen-bond donors (Lipinski definition) is 1. The van der Waals surface area contributed by atoms with E-state index in [1.54, 1.807) is 6.07 Å². The number of hydrogen-bond acceptors (Lipinski definition) is 2. The summed E-state index contributed by atoms with van der Waals surface area (Å²) < 4.78 is 0.759. The van der Waals surface area contributed by atoms with Crippen LogP contribution in [0.2, 0.25) is 0 Å². The van der Waals surface area contributed by atoms with Gasteiger partial charge in [-0.15, -0.1) is 0 Å². The number of rotatable bonds is 3. The van der Waals surface area contributed by atoms with Gasteiger partial charge in [0.05, 0.1) is 5.56 Å². The minimum Gasteiger partial charge on any atom is -0.322 e. The number of halogens is 1. The fraction of sp³-hybridized carbons (Fsp3) is 0.263. The van der Waals surface area contributed by atoms with Gasteiger partial charge in [0.2, 0.25) is 5.91 Å². The van der Waals surface area contributed by atoms with Crippen LogP contribution in [0.15, 0.2) is 46.9 Å². The maximum Gasteiger partial charge on any atom is 0.256 e. The van der Waals surface area contributed by atoms with E-state index in [2.05, 4.69) is 21.2 Å². The Morgan fingerprint density at radius 2 is 1.92 bits per heavy atom. The molecule has 1 aliphatic carbocycles. The molecule has 0 radical (unpaired) electrons. The van der Waals surface area contributed by atoms with Crippen molar-refractivity contribution in [2.75, 3.05) is 16.8 Å². The van der Waals surface area contributed by atoms with Gasteiger partial charge in [0.1, 0.15) is 0 Å². The predicted molar refractivity (Wildman–Crippen MR) is 97.3 cm³/mol. The topological polar surface area (TPSA) is 49.4 Å². The molecule has 4 nitrogen and oxygen atoms in total. The summed E-state index contributed by atoms with van der Waals surface area (Å²) in [7, 11) is 0. The molecule has 1 heterocycles. The lowest BCUT2D eigenvalue weighted by Gasteiger charge is -2.18. The average molecular weight is 385 g/mol. The van der Waals surface area contributed by atoms with Gasteiger partial charge in [-0.2, -0.15) is 0 Å². The summed E-state index contributed by atoms with van der Waals surface area (Å²) in [5.74, 6) is 0.262. The van der Waals surface area contributed by atoms with Gasteiger partial charge in [-0.05, 0) is 65.0 Å². The Morgan fingerprint density at radius 3 is 2.67 bits per heavy atom. The van der Waals surface area contributed by atoms with Crippen molar-refractivity contribution in [1.29, 1.82) is 0 Å². The molecule has 2 aromatic rings. The SMILES string of the molecule is O=C(Nc1ccc2c(c1)N(C(=O)C1CC1)CC2)c1ccccc1Br. The second kappa shape index (κ2) is 6.06. The Kier molecular flexibility index (Phi) is 3.88. The lowest BCUT2D eigenvalue weighted by atomic mass is 10.1. The normalized spacial score (nSPS) is 16.0. The van der Waals surface area contributed by atoms with Crippen molar-refractivity contribution in [3.8, 4) is 0 Å². The number of benzene rings is 2. The molecule has 2 aromatic carbocycles. The van der Waals surface area contributed by atoms with Crippen LogP contribution >= 0.6 is 15.9 Å². The van der Waals surface area contributed by atoms with Gasteiger partial charge in [-0.25, -0.2) is 0 Å². The molecule has 0 saturated heterocycles. The highest BCUT2D eigenvalue weighted by atomic mass is 79.9. The monoisotopic (exact) mass is 384 g/mol. The summed E-state index contributed by atoms with van der Waals surface area (Å²) in [6, 6.07) is 13.1. The van der Waals surface area contributed by atoms with Crippen molar-refractivity contribution >= 4 is 39.1 Å². The minimum atomic E-state index is -0.166. The zero-order chi connectivity index (χ0) is 16.7. The largest absolute Gasteiger partial charge is 0.322 e. The Morgan fingerprint density at radius 1 is 1.12 bits per heavy atom. The molecule has 122 valence electrons. The van der Waals surface area contributed by atoms with Gasteiger partial charge in [0, 0.05) is 28.3 Å². The molecule has 24 heavy (non-hydrogen) atoms. The molecule has 1 N–H and O–H groups in total. The van der Waals surface area contributed by atoms with E-state index in [-0.39, 0.29) is 17.7 Å². The zero-order valence-corrected chi connectivity index (χ0v) is 14.7. The molecule has 5 heteroatoms. The highest BCUT2D eigenvalue weighted by Crippen LogP contribution is 2.37. The lowest BCUT2D eigenvalue weighted by molar-refractivity contribution is -0.119. The number of nitrogens with zero attached hydrogens (tertiary/aromatic N) is 1. The van der Waals surface area contributed by atoms with Crippen molar-refractivity contribution in [2.45, 2.75) is 19.3 Å². The van der Waals surface area contributed by atoms with E-state index >= 15 is 0 Å². The first-order valence-electron chi connectivity index (χ1n) is 8.13. The molecule has 4 rings (SSSR count). The fourth-order valence-corrected chi connectivity index (χ4v) is 3.55. The molecule has 0 spiro atoms. The van der Waals surface area contributed by atoms with Crippen molar-refractivity contribution in [2.24, 2.45) is 5.92 Å². The summed E-state index contributed by atoms with van der Waals surface area (Å²) in [5, 5.41) is 2.93. The van der Waals surface area contributed by atoms with E-state index in [0.29, 0.717) is 11.3 Å². The molecule has 0 unspecified atom stereocenters. The highest BCUT2D eigenvalue weighted by Gasteiger charge is 2.36. The predicted octanol–water partition coefficient (Wildman–Crippen LogP) is 4.00. The maximum atomic E-state index is 12.4. The first-order chi connectivity index (χ1) is 11.6. The van der Waals surface area contributed by atoms with Gasteiger partial charge >= 0.3 is 0 Å². The van der Waals surface area contributed by atoms with Gasteiger partial charge in [0.15, 0.2) is 0 Å². The van der Waals surface area contributed by atoms with Gasteiger partial charge in [-0.1, -0.05) is 18.2 Å². The molecule has 0 atom stereocenters. The third-order valence-electron chi connectivity index (χ3n) is 4.55. The van der Waals surface area contributed by atoms with Crippen molar-refractivity contribution in [3.05, 3.63) is 58.1 Å². The zero-order valence-electron chi connectivity index (χ0n) is 13.1. The summed E-state index contributed by atoms with van der Waals surface area (Å²) in [4.78, 5) is 26.7. The molecule has 2 aliphatic rings. The number of fused-ring (bicyclic) bond motifs is 1. The van der Waals surface area contributed by atoms with Gasteiger partial charge < -0.3 is 10.2 Å². The van der Waals surface area contributed by atoms with Gasteiger partial charge in [0.25, 0.3) is 5.91 Å².